The first-order valence-corrected chi connectivity index (χ1v) is 16.2. The molecule has 43 heavy (non-hydrogen) atoms. The van der Waals surface area contributed by atoms with Gasteiger partial charge in [0.05, 0.1) is 27.2 Å². The molecule has 0 spiro atoms. The fourth-order valence-electron chi connectivity index (χ4n) is 4.33. The van der Waals surface area contributed by atoms with Crippen LogP contribution in [-0.4, -0.2) is 50.4 Å². The van der Waals surface area contributed by atoms with Crippen LogP contribution in [0.3, 0.4) is 0 Å². The van der Waals surface area contributed by atoms with Gasteiger partial charge in [-0.1, -0.05) is 43.1 Å². The number of carbonyl (C=O) groups excluding carboxylic acids is 2. The number of halogens is 3. The van der Waals surface area contributed by atoms with Gasteiger partial charge in [0, 0.05) is 12.6 Å². The van der Waals surface area contributed by atoms with Gasteiger partial charge in [0.2, 0.25) is 11.8 Å². The maximum absolute atomic E-state index is 14.1. The summed E-state index contributed by atoms with van der Waals surface area (Å²) in [6, 6.07) is 14.4. The van der Waals surface area contributed by atoms with Gasteiger partial charge >= 0.3 is 0 Å². The average Bonchev–Trinajstić information content (AvgIpc) is 2.98. The molecule has 0 radical (unpaired) electrons. The van der Waals surface area contributed by atoms with Crippen LogP contribution >= 0.6 is 23.2 Å². The number of amides is 2. The summed E-state index contributed by atoms with van der Waals surface area (Å²) >= 11 is 12.3. The van der Waals surface area contributed by atoms with Gasteiger partial charge in [-0.05, 0) is 92.9 Å². The molecule has 0 aliphatic heterocycles. The molecule has 0 saturated carbocycles. The number of carbonyl (C=O) groups is 2. The highest BCUT2D eigenvalue weighted by atomic mass is 35.5. The second-order valence-electron chi connectivity index (χ2n) is 9.90. The molecule has 0 unspecified atom stereocenters. The van der Waals surface area contributed by atoms with Gasteiger partial charge in [0.1, 0.15) is 24.2 Å². The molecule has 2 atom stereocenters. The quantitative estimate of drug-likeness (QED) is 0.216. The molecule has 3 aromatic rings. The Morgan fingerprint density at radius 1 is 0.930 bits per heavy atom. The third kappa shape index (κ3) is 8.84. The lowest BCUT2D eigenvalue weighted by atomic mass is 10.1. The lowest BCUT2D eigenvalue weighted by molar-refractivity contribution is -0.140. The minimum Gasteiger partial charge on any atom is -0.494 e. The first kappa shape index (κ1) is 34.2. The summed E-state index contributed by atoms with van der Waals surface area (Å²) in [7, 11) is -4.32. The van der Waals surface area contributed by atoms with Crippen molar-refractivity contribution in [2.75, 3.05) is 17.5 Å². The minimum absolute atomic E-state index is 0.0392. The van der Waals surface area contributed by atoms with Crippen LogP contribution in [0.5, 0.6) is 5.75 Å². The number of rotatable bonds is 14. The largest absolute Gasteiger partial charge is 0.494 e. The Morgan fingerprint density at radius 3 is 2.14 bits per heavy atom. The zero-order valence-electron chi connectivity index (χ0n) is 24.5. The van der Waals surface area contributed by atoms with Crippen molar-refractivity contribution in [3.8, 4) is 5.75 Å². The Kier molecular flexibility index (Phi) is 12.2. The molecule has 8 nitrogen and oxygen atoms in total. The van der Waals surface area contributed by atoms with Gasteiger partial charge in [-0.2, -0.15) is 0 Å². The Morgan fingerprint density at radius 2 is 1.58 bits per heavy atom. The molecular weight excluding hydrogens is 616 g/mol. The summed E-state index contributed by atoms with van der Waals surface area (Å²) in [4.78, 5) is 28.7. The summed E-state index contributed by atoms with van der Waals surface area (Å²) in [6.07, 6.45) is 0.944. The summed E-state index contributed by atoms with van der Waals surface area (Å²) in [5, 5.41) is 3.52. The highest BCUT2D eigenvalue weighted by Crippen LogP contribution is 2.28. The van der Waals surface area contributed by atoms with Crippen molar-refractivity contribution in [1.82, 2.24) is 10.2 Å². The highest BCUT2D eigenvalue weighted by molar-refractivity contribution is 7.92. The van der Waals surface area contributed by atoms with Crippen LogP contribution in [0.25, 0.3) is 0 Å². The van der Waals surface area contributed by atoms with E-state index in [-0.39, 0.29) is 40.5 Å². The SMILES string of the molecule is CCOc1ccc(S(=O)(=O)N(CC(=O)N(Cc2ccc(Cl)c(Cl)c2)[C@@H](CC)C(=O)N[C@@H](C)CC)c2ccc(F)cc2)cc1. The molecule has 2 amide bonds. The number of nitrogens with one attached hydrogen (secondary N) is 1. The normalized spacial score (nSPS) is 12.7. The van der Waals surface area contributed by atoms with Crippen molar-refractivity contribution >= 4 is 50.7 Å². The molecule has 0 bridgehead atoms. The topological polar surface area (TPSA) is 96.0 Å². The summed E-state index contributed by atoms with van der Waals surface area (Å²) in [5.41, 5.74) is 0.676. The maximum Gasteiger partial charge on any atom is 0.264 e. The van der Waals surface area contributed by atoms with Gasteiger partial charge in [0.25, 0.3) is 10.0 Å². The number of ether oxygens (including phenoxy) is 1. The number of hydrogen-bond donors (Lipinski definition) is 1. The minimum atomic E-state index is -4.32. The molecule has 0 saturated heterocycles. The molecule has 0 aliphatic carbocycles. The van der Waals surface area contributed by atoms with Crippen molar-refractivity contribution in [3.63, 3.8) is 0 Å². The second-order valence-corrected chi connectivity index (χ2v) is 12.6. The van der Waals surface area contributed by atoms with E-state index in [1.165, 1.54) is 41.3 Å². The van der Waals surface area contributed by atoms with E-state index in [0.29, 0.717) is 29.4 Å². The molecule has 3 aromatic carbocycles. The number of nitrogens with zero attached hydrogens (tertiary/aromatic N) is 2. The fraction of sp³-hybridized carbons (Fsp3) is 0.355. The van der Waals surface area contributed by atoms with Gasteiger partial charge in [0.15, 0.2) is 0 Å². The van der Waals surface area contributed by atoms with E-state index >= 15 is 0 Å². The van der Waals surface area contributed by atoms with Crippen LogP contribution in [0, 0.1) is 5.82 Å². The highest BCUT2D eigenvalue weighted by Gasteiger charge is 2.34. The third-order valence-corrected chi connectivity index (χ3v) is 9.37. The zero-order valence-corrected chi connectivity index (χ0v) is 26.8. The number of sulfonamides is 1. The fourth-order valence-corrected chi connectivity index (χ4v) is 6.07. The summed E-state index contributed by atoms with van der Waals surface area (Å²) < 4.78 is 48.1. The first-order chi connectivity index (χ1) is 20.4. The summed E-state index contributed by atoms with van der Waals surface area (Å²) in [6.45, 7) is 7.07. The Bertz CT molecular complexity index is 1500. The Balaban J connectivity index is 2.06. The number of benzene rings is 3. The molecule has 232 valence electrons. The predicted molar refractivity (Wildman–Crippen MR) is 168 cm³/mol. The monoisotopic (exact) mass is 651 g/mol. The first-order valence-electron chi connectivity index (χ1n) is 14.0. The van der Waals surface area contributed by atoms with Crippen LogP contribution in [0.1, 0.15) is 46.1 Å². The van der Waals surface area contributed by atoms with Crippen molar-refractivity contribution in [1.29, 1.82) is 0 Å². The smallest absolute Gasteiger partial charge is 0.264 e. The number of hydrogen-bond acceptors (Lipinski definition) is 5. The molecule has 0 aliphatic rings. The molecular formula is C31H36Cl2FN3O5S. The standard InChI is InChI=1S/C31H36Cl2FN3O5S/c1-5-21(4)35-31(39)29(6-2)36(19-22-8-17-27(32)28(33)18-22)30(38)20-37(24-11-9-23(34)10-12-24)43(40,41)26-15-13-25(14-16-26)42-7-3/h8-18,21,29H,5-7,19-20H2,1-4H3,(H,35,39)/t21-,29-/m0/s1. The van der Waals surface area contributed by atoms with E-state index in [4.69, 9.17) is 27.9 Å². The zero-order chi connectivity index (χ0) is 31.7. The van der Waals surface area contributed by atoms with Gasteiger partial charge < -0.3 is 15.0 Å². The average molecular weight is 653 g/mol. The number of anilines is 1. The maximum atomic E-state index is 14.1. The van der Waals surface area contributed by atoms with E-state index in [0.717, 1.165) is 16.4 Å². The molecule has 0 heterocycles. The van der Waals surface area contributed by atoms with Crippen LogP contribution in [-0.2, 0) is 26.2 Å². The molecule has 1 N–H and O–H groups in total. The second kappa shape index (κ2) is 15.4. The van der Waals surface area contributed by atoms with Crippen LogP contribution in [0.4, 0.5) is 10.1 Å². The van der Waals surface area contributed by atoms with Crippen LogP contribution in [0.15, 0.2) is 71.6 Å². The van der Waals surface area contributed by atoms with E-state index in [1.54, 1.807) is 25.1 Å². The molecule has 3 rings (SSSR count). The Hall–Kier alpha value is -3.34. The lowest BCUT2D eigenvalue weighted by Gasteiger charge is -2.33. The van der Waals surface area contributed by atoms with Gasteiger partial charge in [-0.25, -0.2) is 12.8 Å². The van der Waals surface area contributed by atoms with Crippen molar-refractivity contribution < 1.29 is 27.1 Å². The van der Waals surface area contributed by atoms with Gasteiger partial charge in [-0.15, -0.1) is 0 Å². The van der Waals surface area contributed by atoms with E-state index in [9.17, 15) is 22.4 Å². The molecule has 0 fully saturated rings. The predicted octanol–water partition coefficient (Wildman–Crippen LogP) is 6.45. The van der Waals surface area contributed by atoms with Crippen molar-refractivity contribution in [2.45, 2.75) is 64.1 Å². The van der Waals surface area contributed by atoms with E-state index < -0.39 is 34.3 Å². The Labute approximate surface area is 262 Å². The van der Waals surface area contributed by atoms with E-state index in [1.807, 2.05) is 20.8 Å². The lowest BCUT2D eigenvalue weighted by Crippen LogP contribution is -2.53. The van der Waals surface area contributed by atoms with Crippen molar-refractivity contribution in [2.24, 2.45) is 0 Å². The van der Waals surface area contributed by atoms with Crippen LogP contribution < -0.4 is 14.4 Å². The molecule has 12 heteroatoms. The van der Waals surface area contributed by atoms with Crippen molar-refractivity contribution in [3.05, 3.63) is 88.2 Å². The summed E-state index contributed by atoms with van der Waals surface area (Å²) in [5.74, 6) is -1.09. The molecule has 0 aromatic heterocycles. The van der Waals surface area contributed by atoms with Gasteiger partial charge in [-0.3, -0.25) is 13.9 Å². The van der Waals surface area contributed by atoms with E-state index in [2.05, 4.69) is 5.32 Å². The third-order valence-electron chi connectivity index (χ3n) is 6.84. The van der Waals surface area contributed by atoms with Crippen LogP contribution in [0.2, 0.25) is 10.0 Å².